The summed E-state index contributed by atoms with van der Waals surface area (Å²) in [5.41, 5.74) is 2.16. The average Bonchev–Trinajstić information content (AvgIpc) is 2.82. The Hall–Kier alpha value is -3.39. The first-order valence-corrected chi connectivity index (χ1v) is 10.5. The Labute approximate surface area is 186 Å². The first kappa shape index (κ1) is 21.8. The third-order valence-corrected chi connectivity index (χ3v) is 5.67. The predicted molar refractivity (Wildman–Crippen MR) is 118 cm³/mol. The Morgan fingerprint density at radius 3 is 1.78 bits per heavy atom. The molecule has 3 aromatic rings. The molecule has 0 spiro atoms. The summed E-state index contributed by atoms with van der Waals surface area (Å²) in [6.45, 7) is 2.28. The van der Waals surface area contributed by atoms with E-state index in [-0.39, 0.29) is 23.6 Å². The van der Waals surface area contributed by atoms with E-state index in [4.69, 9.17) is 0 Å². The Morgan fingerprint density at radius 1 is 0.812 bits per heavy atom. The van der Waals surface area contributed by atoms with Crippen molar-refractivity contribution in [1.29, 1.82) is 0 Å². The van der Waals surface area contributed by atoms with E-state index in [9.17, 15) is 13.6 Å². The molecule has 0 saturated carbocycles. The Morgan fingerprint density at radius 2 is 1.34 bits per heavy atom. The number of nitrogens with zero attached hydrogens (tertiary/aromatic N) is 5. The summed E-state index contributed by atoms with van der Waals surface area (Å²) >= 11 is 0. The van der Waals surface area contributed by atoms with Crippen LogP contribution in [0, 0.1) is 11.6 Å². The van der Waals surface area contributed by atoms with Crippen LogP contribution in [-0.4, -0.2) is 66.2 Å². The van der Waals surface area contributed by atoms with Gasteiger partial charge in [0.05, 0.1) is 6.04 Å². The second kappa shape index (κ2) is 9.40. The molecule has 1 aliphatic heterocycles. The second-order valence-electron chi connectivity index (χ2n) is 8.01. The fourth-order valence-electron chi connectivity index (χ4n) is 3.93. The number of amides is 1. The van der Waals surface area contributed by atoms with Gasteiger partial charge in [-0.25, -0.2) is 8.78 Å². The SMILES string of the molecule is CN(C)c1ccc(C(=O)N2CCN(C(c3ccc(F)cc3)c3ccc(F)cc3)CC2)nn1. The highest BCUT2D eigenvalue weighted by Crippen LogP contribution is 2.30. The van der Waals surface area contributed by atoms with Crippen molar-refractivity contribution < 1.29 is 13.6 Å². The molecule has 0 radical (unpaired) electrons. The topological polar surface area (TPSA) is 52.6 Å². The molecule has 1 saturated heterocycles. The van der Waals surface area contributed by atoms with Crippen molar-refractivity contribution in [2.75, 3.05) is 45.2 Å². The lowest BCUT2D eigenvalue weighted by molar-refractivity contribution is 0.0590. The fourth-order valence-corrected chi connectivity index (χ4v) is 3.93. The molecule has 1 aliphatic rings. The van der Waals surface area contributed by atoms with Gasteiger partial charge in [-0.2, -0.15) is 0 Å². The minimum Gasteiger partial charge on any atom is -0.361 e. The summed E-state index contributed by atoms with van der Waals surface area (Å²) in [5.74, 6) is -0.0674. The average molecular weight is 437 g/mol. The van der Waals surface area contributed by atoms with Crippen molar-refractivity contribution >= 4 is 11.7 Å². The highest BCUT2D eigenvalue weighted by molar-refractivity contribution is 5.92. The van der Waals surface area contributed by atoms with Crippen LogP contribution in [0.2, 0.25) is 0 Å². The van der Waals surface area contributed by atoms with Gasteiger partial charge in [0, 0.05) is 40.3 Å². The summed E-state index contributed by atoms with van der Waals surface area (Å²) in [7, 11) is 3.73. The first-order valence-electron chi connectivity index (χ1n) is 10.5. The number of piperazine rings is 1. The lowest BCUT2D eigenvalue weighted by atomic mass is 9.96. The molecule has 166 valence electrons. The maximum absolute atomic E-state index is 13.5. The molecule has 0 bridgehead atoms. The van der Waals surface area contributed by atoms with Crippen LogP contribution in [-0.2, 0) is 0 Å². The number of halogens is 2. The number of hydrogen-bond acceptors (Lipinski definition) is 5. The maximum atomic E-state index is 13.5. The van der Waals surface area contributed by atoms with Crippen molar-refractivity contribution in [3.63, 3.8) is 0 Å². The van der Waals surface area contributed by atoms with Crippen molar-refractivity contribution in [3.8, 4) is 0 Å². The monoisotopic (exact) mass is 437 g/mol. The van der Waals surface area contributed by atoms with Crippen LogP contribution in [0.1, 0.15) is 27.7 Å². The molecule has 0 N–H and O–H groups in total. The molecule has 1 amide bonds. The summed E-state index contributed by atoms with van der Waals surface area (Å²) in [6.07, 6.45) is 0. The molecule has 1 fully saturated rings. The van der Waals surface area contributed by atoms with Gasteiger partial charge in [0.2, 0.25) is 0 Å². The molecule has 4 rings (SSSR count). The fraction of sp³-hybridized carbons (Fsp3) is 0.292. The molecule has 0 unspecified atom stereocenters. The quantitative estimate of drug-likeness (QED) is 0.613. The van der Waals surface area contributed by atoms with E-state index < -0.39 is 0 Å². The van der Waals surface area contributed by atoms with Gasteiger partial charge in [0.1, 0.15) is 11.6 Å². The molecule has 8 heteroatoms. The molecule has 0 aliphatic carbocycles. The van der Waals surface area contributed by atoms with Crippen LogP contribution in [0.3, 0.4) is 0 Å². The van der Waals surface area contributed by atoms with Crippen molar-refractivity contribution in [3.05, 3.63) is 89.1 Å². The molecule has 6 nitrogen and oxygen atoms in total. The van der Waals surface area contributed by atoms with Crippen LogP contribution in [0.25, 0.3) is 0 Å². The van der Waals surface area contributed by atoms with Crippen LogP contribution in [0.5, 0.6) is 0 Å². The first-order chi connectivity index (χ1) is 15.4. The number of aromatic nitrogens is 2. The van der Waals surface area contributed by atoms with Gasteiger partial charge >= 0.3 is 0 Å². The molecular formula is C24H25F2N5O. The molecule has 0 atom stereocenters. The van der Waals surface area contributed by atoms with E-state index in [0.717, 1.165) is 11.1 Å². The van der Waals surface area contributed by atoms with Crippen LogP contribution < -0.4 is 4.90 Å². The zero-order valence-electron chi connectivity index (χ0n) is 18.1. The van der Waals surface area contributed by atoms with E-state index in [1.165, 1.54) is 24.3 Å². The van der Waals surface area contributed by atoms with Gasteiger partial charge in [0.15, 0.2) is 11.5 Å². The largest absolute Gasteiger partial charge is 0.361 e. The van der Waals surface area contributed by atoms with E-state index >= 15 is 0 Å². The zero-order valence-corrected chi connectivity index (χ0v) is 18.1. The number of benzene rings is 2. The molecule has 32 heavy (non-hydrogen) atoms. The van der Waals surface area contributed by atoms with Crippen LogP contribution >= 0.6 is 0 Å². The van der Waals surface area contributed by atoms with Gasteiger partial charge < -0.3 is 9.80 Å². The number of anilines is 1. The minimum atomic E-state index is -0.302. The van der Waals surface area contributed by atoms with Gasteiger partial charge in [-0.05, 0) is 47.5 Å². The van der Waals surface area contributed by atoms with Gasteiger partial charge in [0.25, 0.3) is 5.91 Å². The maximum Gasteiger partial charge on any atom is 0.274 e. The van der Waals surface area contributed by atoms with Crippen LogP contribution in [0.4, 0.5) is 14.6 Å². The third kappa shape index (κ3) is 4.75. The predicted octanol–water partition coefficient (Wildman–Crippen LogP) is 3.37. The summed E-state index contributed by atoms with van der Waals surface area (Å²) in [6, 6.07) is 16.0. The second-order valence-corrected chi connectivity index (χ2v) is 8.01. The summed E-state index contributed by atoms with van der Waals surface area (Å²) in [4.78, 5) is 18.7. The molecular weight excluding hydrogens is 412 g/mol. The zero-order chi connectivity index (χ0) is 22.7. The third-order valence-electron chi connectivity index (χ3n) is 5.67. The van der Waals surface area contributed by atoms with E-state index in [1.54, 1.807) is 41.3 Å². The van der Waals surface area contributed by atoms with Crippen molar-refractivity contribution in [2.24, 2.45) is 0 Å². The lowest BCUT2D eigenvalue weighted by Crippen LogP contribution is -2.50. The highest BCUT2D eigenvalue weighted by Gasteiger charge is 2.29. The molecule has 1 aromatic heterocycles. The van der Waals surface area contributed by atoms with Gasteiger partial charge in [-0.3, -0.25) is 9.69 Å². The smallest absolute Gasteiger partial charge is 0.274 e. The van der Waals surface area contributed by atoms with Crippen molar-refractivity contribution in [2.45, 2.75) is 6.04 Å². The van der Waals surface area contributed by atoms with Crippen LogP contribution in [0.15, 0.2) is 60.7 Å². The van der Waals surface area contributed by atoms with Crippen molar-refractivity contribution in [1.82, 2.24) is 20.0 Å². The van der Waals surface area contributed by atoms with E-state index in [0.29, 0.717) is 37.7 Å². The van der Waals surface area contributed by atoms with E-state index in [1.807, 2.05) is 19.0 Å². The molecule has 2 heterocycles. The summed E-state index contributed by atoms with van der Waals surface area (Å²) < 4.78 is 27.0. The van der Waals surface area contributed by atoms with Gasteiger partial charge in [-0.15, -0.1) is 10.2 Å². The number of rotatable bonds is 5. The normalized spacial score (nSPS) is 14.6. The number of carbonyl (C=O) groups excluding carboxylic acids is 1. The standard InChI is InChI=1S/C24H25F2N5O/c1-29(2)22-12-11-21(27-28-22)24(32)31-15-13-30(14-16-31)23(17-3-7-19(25)8-4-17)18-5-9-20(26)10-6-18/h3-12,23H,13-16H2,1-2H3. The van der Waals surface area contributed by atoms with E-state index in [2.05, 4.69) is 15.1 Å². The lowest BCUT2D eigenvalue weighted by Gasteiger charge is -2.39. The number of hydrogen-bond donors (Lipinski definition) is 0. The Bertz CT molecular complexity index is 1000. The minimum absolute atomic E-state index is 0.150. The summed E-state index contributed by atoms with van der Waals surface area (Å²) in [5, 5.41) is 8.16. The Kier molecular flexibility index (Phi) is 6.41. The number of carbonyl (C=O) groups is 1. The highest BCUT2D eigenvalue weighted by atomic mass is 19.1. The molecule has 2 aromatic carbocycles. The Balaban J connectivity index is 1.50. The van der Waals surface area contributed by atoms with Gasteiger partial charge in [-0.1, -0.05) is 24.3 Å².